The average molecular weight is 503 g/mol. The number of carbonyl (C=O) groups is 3. The number of allylic oxidation sites excluding steroid dienone is 2. The van der Waals surface area contributed by atoms with Gasteiger partial charge >= 0.3 is 18.0 Å². The third-order valence-corrected chi connectivity index (χ3v) is 5.96. The van der Waals surface area contributed by atoms with E-state index in [9.17, 15) is 19.5 Å². The standard InChI is InChI=1S/C25H30N2O9/c1-14-6-4-5-7-15(2)23(30)35-21-20(34-22(14)29)19(18(13-28)33-24(21)32-3)36-25(31)27-17-10-8-16(12-26)9-11-17/h4-5,8-11,14-15,18-21,24,28H,6-7,13H2,1-3H3,(H,27,31)/t14-,15-,18-,19+,20+,21-,24+/m1/s1. The number of ether oxygens (including phenoxy) is 5. The number of nitriles is 1. The molecule has 2 aliphatic heterocycles. The molecule has 3 rings (SSSR count). The largest absolute Gasteiger partial charge is 0.454 e. The molecular formula is C25H30N2O9. The fraction of sp³-hybridized carbons (Fsp3) is 0.520. The molecule has 11 heteroatoms. The smallest absolute Gasteiger partial charge is 0.412 e. The maximum Gasteiger partial charge on any atom is 0.412 e. The zero-order valence-corrected chi connectivity index (χ0v) is 20.3. The van der Waals surface area contributed by atoms with Gasteiger partial charge in [-0.25, -0.2) is 4.79 Å². The minimum Gasteiger partial charge on any atom is -0.454 e. The highest BCUT2D eigenvalue weighted by molar-refractivity contribution is 5.85. The number of methoxy groups -OCH3 is 1. The topological polar surface area (TPSA) is 153 Å². The Kier molecular flexibility index (Phi) is 9.41. The summed E-state index contributed by atoms with van der Waals surface area (Å²) in [5.41, 5.74) is 0.752. The molecule has 194 valence electrons. The summed E-state index contributed by atoms with van der Waals surface area (Å²) >= 11 is 0. The SMILES string of the molecule is CO[C@H]1O[C@H](CO)[C@H](OC(=O)Nc2ccc(C#N)cc2)[C@@H]2OC(=O)[C@H](C)CC=CC[C@@H](C)C(=O)O[C@@H]12. The van der Waals surface area contributed by atoms with Gasteiger partial charge in [-0.3, -0.25) is 14.9 Å². The highest BCUT2D eigenvalue weighted by Gasteiger charge is 2.53. The van der Waals surface area contributed by atoms with Crippen molar-refractivity contribution in [2.45, 2.75) is 57.4 Å². The zero-order chi connectivity index (χ0) is 26.2. The van der Waals surface area contributed by atoms with Gasteiger partial charge < -0.3 is 28.8 Å². The highest BCUT2D eigenvalue weighted by Crippen LogP contribution is 2.31. The van der Waals surface area contributed by atoms with Crippen LogP contribution in [0.1, 0.15) is 32.3 Å². The number of nitrogens with one attached hydrogen (secondary N) is 1. The molecule has 0 aromatic heterocycles. The Bertz CT molecular complexity index is 1000. The molecule has 1 saturated heterocycles. The number of hydrogen-bond donors (Lipinski definition) is 2. The van der Waals surface area contributed by atoms with E-state index < -0.39 is 67.2 Å². The number of amides is 1. The van der Waals surface area contributed by atoms with Gasteiger partial charge in [0.15, 0.2) is 24.6 Å². The van der Waals surface area contributed by atoms with Crippen molar-refractivity contribution in [3.8, 4) is 6.07 Å². The van der Waals surface area contributed by atoms with Crippen molar-refractivity contribution < 1.29 is 43.2 Å². The van der Waals surface area contributed by atoms with Crippen LogP contribution in [0.4, 0.5) is 10.5 Å². The van der Waals surface area contributed by atoms with Crippen molar-refractivity contribution in [3.05, 3.63) is 42.0 Å². The van der Waals surface area contributed by atoms with E-state index in [2.05, 4.69) is 5.32 Å². The van der Waals surface area contributed by atoms with Gasteiger partial charge in [0.25, 0.3) is 0 Å². The van der Waals surface area contributed by atoms with Gasteiger partial charge in [-0.05, 0) is 37.1 Å². The van der Waals surface area contributed by atoms with Crippen LogP contribution in [-0.2, 0) is 33.3 Å². The van der Waals surface area contributed by atoms with Gasteiger partial charge in [0.2, 0.25) is 0 Å². The Hall–Kier alpha value is -3.46. The molecule has 0 spiro atoms. The molecule has 0 aliphatic carbocycles. The number of rotatable bonds is 4. The maximum atomic E-state index is 12.9. The summed E-state index contributed by atoms with van der Waals surface area (Å²) in [4.78, 5) is 38.4. The van der Waals surface area contributed by atoms with Gasteiger partial charge in [0.05, 0.1) is 30.1 Å². The summed E-state index contributed by atoms with van der Waals surface area (Å²) in [5.74, 6) is -2.21. The normalized spacial score (nSPS) is 30.9. The molecule has 2 heterocycles. The maximum absolute atomic E-state index is 12.9. The number of esters is 2. The summed E-state index contributed by atoms with van der Waals surface area (Å²) in [6.45, 7) is 2.79. The lowest BCUT2D eigenvalue weighted by molar-refractivity contribution is -0.300. The van der Waals surface area contributed by atoms with Crippen LogP contribution in [0.25, 0.3) is 0 Å². The first-order valence-corrected chi connectivity index (χ1v) is 11.6. The fourth-order valence-electron chi connectivity index (χ4n) is 3.81. The molecule has 1 aromatic rings. The predicted molar refractivity (Wildman–Crippen MR) is 124 cm³/mol. The Labute approximate surface area is 208 Å². The van der Waals surface area contributed by atoms with Crippen molar-refractivity contribution in [3.63, 3.8) is 0 Å². The molecule has 7 atom stereocenters. The molecule has 0 bridgehead atoms. The van der Waals surface area contributed by atoms with E-state index in [1.54, 1.807) is 26.0 Å². The lowest BCUT2D eigenvalue weighted by Gasteiger charge is -2.44. The summed E-state index contributed by atoms with van der Waals surface area (Å²) in [7, 11) is 1.32. The third kappa shape index (κ3) is 6.60. The van der Waals surface area contributed by atoms with E-state index in [1.165, 1.54) is 31.4 Å². The van der Waals surface area contributed by atoms with E-state index in [4.69, 9.17) is 28.9 Å². The number of fused-ring (bicyclic) bond motifs is 1. The minimum atomic E-state index is -1.33. The number of nitrogens with zero attached hydrogens (tertiary/aromatic N) is 1. The molecule has 0 radical (unpaired) electrons. The molecule has 0 unspecified atom stereocenters. The number of anilines is 1. The monoisotopic (exact) mass is 502 g/mol. The lowest BCUT2D eigenvalue weighted by atomic mass is 9.97. The van der Waals surface area contributed by atoms with Crippen LogP contribution in [0, 0.1) is 23.2 Å². The average Bonchev–Trinajstić information content (AvgIpc) is 2.87. The Morgan fingerprint density at radius 3 is 2.19 bits per heavy atom. The molecule has 36 heavy (non-hydrogen) atoms. The second-order valence-electron chi connectivity index (χ2n) is 8.69. The molecular weight excluding hydrogens is 472 g/mol. The van der Waals surface area contributed by atoms with E-state index in [0.29, 0.717) is 24.1 Å². The second kappa shape index (κ2) is 12.5. The quantitative estimate of drug-likeness (QED) is 0.356. The van der Waals surface area contributed by atoms with Crippen LogP contribution in [0.3, 0.4) is 0 Å². The second-order valence-corrected chi connectivity index (χ2v) is 8.69. The molecule has 2 N–H and O–H groups in total. The molecule has 11 nitrogen and oxygen atoms in total. The summed E-state index contributed by atoms with van der Waals surface area (Å²) in [6, 6.07) is 8.03. The van der Waals surface area contributed by atoms with Gasteiger partial charge in [-0.15, -0.1) is 0 Å². The van der Waals surface area contributed by atoms with Crippen molar-refractivity contribution in [2.75, 3.05) is 19.0 Å². The van der Waals surface area contributed by atoms with Crippen molar-refractivity contribution in [2.24, 2.45) is 11.8 Å². The first-order valence-electron chi connectivity index (χ1n) is 11.6. The fourth-order valence-corrected chi connectivity index (χ4v) is 3.81. The van der Waals surface area contributed by atoms with Crippen molar-refractivity contribution in [1.82, 2.24) is 0 Å². The first kappa shape index (κ1) is 27.1. The van der Waals surface area contributed by atoms with Crippen LogP contribution in [0.15, 0.2) is 36.4 Å². The van der Waals surface area contributed by atoms with E-state index >= 15 is 0 Å². The number of benzene rings is 1. The zero-order valence-electron chi connectivity index (χ0n) is 20.3. The lowest BCUT2D eigenvalue weighted by Crippen LogP contribution is -2.63. The number of carbonyl (C=O) groups excluding carboxylic acids is 3. The van der Waals surface area contributed by atoms with E-state index in [-0.39, 0.29) is 0 Å². The first-order chi connectivity index (χ1) is 17.3. The van der Waals surface area contributed by atoms with Crippen LogP contribution in [0.2, 0.25) is 0 Å². The highest BCUT2D eigenvalue weighted by atomic mass is 16.7. The summed E-state index contributed by atoms with van der Waals surface area (Å²) in [5, 5.41) is 21.4. The van der Waals surface area contributed by atoms with Gasteiger partial charge in [0.1, 0.15) is 6.10 Å². The number of aliphatic hydroxyl groups is 1. The Balaban J connectivity index is 1.90. The van der Waals surface area contributed by atoms with Crippen LogP contribution in [0.5, 0.6) is 0 Å². The Morgan fingerprint density at radius 1 is 1.08 bits per heavy atom. The van der Waals surface area contributed by atoms with Gasteiger partial charge in [0, 0.05) is 12.8 Å². The van der Waals surface area contributed by atoms with E-state index in [1.807, 2.05) is 6.07 Å². The van der Waals surface area contributed by atoms with Crippen molar-refractivity contribution >= 4 is 23.7 Å². The molecule has 0 saturated carbocycles. The summed E-state index contributed by atoms with van der Waals surface area (Å²) < 4.78 is 28.0. The molecule has 1 amide bonds. The number of aliphatic hydroxyl groups excluding tert-OH is 1. The molecule has 2 aliphatic rings. The van der Waals surface area contributed by atoms with Gasteiger partial charge in [-0.2, -0.15) is 5.26 Å². The molecule has 1 aromatic carbocycles. The number of hydrogen-bond acceptors (Lipinski definition) is 10. The summed E-state index contributed by atoms with van der Waals surface area (Å²) in [6.07, 6.45) is -2.78. The predicted octanol–water partition coefficient (Wildman–Crippen LogP) is 2.28. The van der Waals surface area contributed by atoms with Crippen molar-refractivity contribution in [1.29, 1.82) is 5.26 Å². The van der Waals surface area contributed by atoms with Crippen LogP contribution < -0.4 is 5.32 Å². The Morgan fingerprint density at radius 2 is 1.67 bits per heavy atom. The molecule has 1 fully saturated rings. The minimum absolute atomic E-state index is 0.346. The third-order valence-electron chi connectivity index (χ3n) is 5.96. The van der Waals surface area contributed by atoms with E-state index in [0.717, 1.165) is 0 Å². The van der Waals surface area contributed by atoms with Crippen LogP contribution in [-0.4, -0.2) is 67.6 Å². The van der Waals surface area contributed by atoms with Gasteiger partial charge in [-0.1, -0.05) is 26.0 Å². The van der Waals surface area contributed by atoms with Crippen LogP contribution >= 0.6 is 0 Å².